The Labute approximate surface area is 144 Å². The van der Waals surface area contributed by atoms with E-state index in [0.29, 0.717) is 0 Å². The van der Waals surface area contributed by atoms with Crippen LogP contribution in [0.15, 0.2) is 12.2 Å². The molecule has 0 aromatic heterocycles. The van der Waals surface area contributed by atoms with Gasteiger partial charge < -0.3 is 9.22 Å². The molecule has 0 bridgehead atoms. The Morgan fingerprint density at radius 2 is 1.57 bits per heavy atom. The third-order valence-electron chi connectivity index (χ3n) is 5.09. The number of allylic oxidation sites excluding steroid dienone is 1. The van der Waals surface area contributed by atoms with Gasteiger partial charge in [-0.3, -0.25) is 4.79 Å². The fourth-order valence-electron chi connectivity index (χ4n) is 2.39. The minimum atomic E-state index is -2.01. The summed E-state index contributed by atoms with van der Waals surface area (Å²) in [6, 6.07) is 0. The van der Waals surface area contributed by atoms with Crippen molar-refractivity contribution in [3.63, 3.8) is 0 Å². The van der Waals surface area contributed by atoms with Crippen LogP contribution in [0.25, 0.3) is 0 Å². The van der Waals surface area contributed by atoms with Gasteiger partial charge in [0.15, 0.2) is 14.1 Å². The van der Waals surface area contributed by atoms with E-state index in [9.17, 15) is 9.59 Å². The first-order chi connectivity index (χ1) is 10.2. The summed E-state index contributed by atoms with van der Waals surface area (Å²) in [5.74, 6) is -0.251. The number of ketones is 1. The highest BCUT2D eigenvalue weighted by Gasteiger charge is 2.44. The summed E-state index contributed by atoms with van der Waals surface area (Å²) in [5.41, 5.74) is -0.968. The van der Waals surface area contributed by atoms with Gasteiger partial charge in [-0.2, -0.15) is 0 Å². The first-order valence-electron chi connectivity index (χ1n) is 8.52. The number of hydrogen-bond acceptors (Lipinski definition) is 3. The van der Waals surface area contributed by atoms with Crippen LogP contribution in [-0.4, -0.2) is 26.5 Å². The average molecular weight is 341 g/mol. The fraction of sp³-hybridized carbons (Fsp3) is 0.789. The Kier molecular flexibility index (Phi) is 7.63. The van der Waals surface area contributed by atoms with E-state index in [0.717, 1.165) is 6.29 Å². The molecule has 0 saturated carbocycles. The SMILES string of the molecule is C/C=C/[C@H](C)[C@@H](O[Si](C)(C)C(C)(C)C)[C@@H](C)C(=O)C(C)(C)C=O. The van der Waals surface area contributed by atoms with Crippen LogP contribution in [0.4, 0.5) is 0 Å². The molecule has 23 heavy (non-hydrogen) atoms. The molecule has 0 aromatic rings. The second-order valence-electron chi connectivity index (χ2n) is 8.72. The van der Waals surface area contributed by atoms with Gasteiger partial charge in [-0.25, -0.2) is 0 Å². The molecule has 0 aliphatic carbocycles. The lowest BCUT2D eigenvalue weighted by Crippen LogP contribution is -2.49. The summed E-state index contributed by atoms with van der Waals surface area (Å²) < 4.78 is 6.59. The van der Waals surface area contributed by atoms with Crippen LogP contribution in [0.3, 0.4) is 0 Å². The fourth-order valence-corrected chi connectivity index (χ4v) is 3.84. The van der Waals surface area contributed by atoms with Gasteiger partial charge in [0.25, 0.3) is 0 Å². The van der Waals surface area contributed by atoms with Gasteiger partial charge in [-0.05, 0) is 44.8 Å². The lowest BCUT2D eigenvalue weighted by molar-refractivity contribution is -0.138. The van der Waals surface area contributed by atoms with Crippen LogP contribution in [0, 0.1) is 17.3 Å². The number of carbonyl (C=O) groups excluding carboxylic acids is 2. The molecule has 0 unspecified atom stereocenters. The topological polar surface area (TPSA) is 43.4 Å². The Hall–Kier alpha value is -0.743. The molecule has 0 rings (SSSR count). The largest absolute Gasteiger partial charge is 0.413 e. The highest BCUT2D eigenvalue weighted by atomic mass is 28.4. The summed E-state index contributed by atoms with van der Waals surface area (Å²) in [6.07, 6.45) is 4.61. The van der Waals surface area contributed by atoms with E-state index in [4.69, 9.17) is 4.43 Å². The van der Waals surface area contributed by atoms with E-state index in [1.54, 1.807) is 13.8 Å². The number of hydrogen-bond donors (Lipinski definition) is 0. The molecule has 0 spiro atoms. The van der Waals surface area contributed by atoms with E-state index >= 15 is 0 Å². The molecule has 0 aliphatic heterocycles. The van der Waals surface area contributed by atoms with Crippen molar-refractivity contribution in [3.05, 3.63) is 12.2 Å². The van der Waals surface area contributed by atoms with E-state index < -0.39 is 13.7 Å². The van der Waals surface area contributed by atoms with Crippen molar-refractivity contribution in [2.45, 2.75) is 79.6 Å². The monoisotopic (exact) mass is 340 g/mol. The van der Waals surface area contributed by atoms with Gasteiger partial charge in [0.1, 0.15) is 6.29 Å². The smallest absolute Gasteiger partial charge is 0.192 e. The molecule has 0 N–H and O–H groups in total. The molecule has 0 amide bonds. The number of aldehydes is 1. The molecule has 0 aromatic carbocycles. The second kappa shape index (κ2) is 7.89. The molecule has 4 heteroatoms. The first-order valence-corrected chi connectivity index (χ1v) is 11.4. The Morgan fingerprint density at radius 3 is 1.91 bits per heavy atom. The van der Waals surface area contributed by atoms with Gasteiger partial charge in [0.2, 0.25) is 0 Å². The average Bonchev–Trinajstić information content (AvgIpc) is 2.42. The predicted octanol–water partition coefficient (Wildman–Crippen LogP) is 5.02. The van der Waals surface area contributed by atoms with Crippen molar-refractivity contribution in [3.8, 4) is 0 Å². The standard InChI is InChI=1S/C19H36O3Si/c1-11-12-14(2)16(22-23(9,10)18(4,5)6)15(3)17(21)19(7,8)13-20/h11-16H,1-10H3/b12-11+/t14-,15+,16+/m0/s1. The second-order valence-corrected chi connectivity index (χ2v) is 13.5. The zero-order chi connectivity index (χ0) is 18.6. The number of rotatable bonds is 8. The van der Waals surface area contributed by atoms with E-state index in [-0.39, 0.29) is 28.8 Å². The minimum Gasteiger partial charge on any atom is -0.413 e. The Balaban J connectivity index is 5.65. The lowest BCUT2D eigenvalue weighted by atomic mass is 9.78. The third-order valence-corrected chi connectivity index (χ3v) is 9.56. The maximum Gasteiger partial charge on any atom is 0.192 e. The summed E-state index contributed by atoms with van der Waals surface area (Å²) in [5, 5.41) is 0.0733. The van der Waals surface area contributed by atoms with Gasteiger partial charge >= 0.3 is 0 Å². The third kappa shape index (κ3) is 5.68. The van der Waals surface area contributed by atoms with Crippen molar-refractivity contribution < 1.29 is 14.0 Å². The van der Waals surface area contributed by atoms with Crippen molar-refractivity contribution >= 4 is 20.4 Å². The molecule has 3 nitrogen and oxygen atoms in total. The van der Waals surface area contributed by atoms with E-state index in [1.807, 2.05) is 19.9 Å². The summed E-state index contributed by atoms with van der Waals surface area (Å²) in [7, 11) is -2.01. The zero-order valence-electron chi connectivity index (χ0n) is 16.7. The molecular formula is C19H36O3Si. The molecule has 0 heterocycles. The zero-order valence-corrected chi connectivity index (χ0v) is 17.7. The number of carbonyl (C=O) groups is 2. The quantitative estimate of drug-likeness (QED) is 0.270. The normalized spacial score (nSPS) is 17.8. The van der Waals surface area contributed by atoms with Crippen molar-refractivity contribution in [2.75, 3.05) is 0 Å². The van der Waals surface area contributed by atoms with Crippen molar-refractivity contribution in [1.29, 1.82) is 0 Å². The lowest BCUT2D eigenvalue weighted by Gasteiger charge is -2.42. The van der Waals surface area contributed by atoms with E-state index in [1.165, 1.54) is 0 Å². The highest BCUT2D eigenvalue weighted by molar-refractivity contribution is 6.74. The summed E-state index contributed by atoms with van der Waals surface area (Å²) in [4.78, 5) is 24.0. The van der Waals surface area contributed by atoms with Crippen LogP contribution < -0.4 is 0 Å². The van der Waals surface area contributed by atoms with Gasteiger partial charge in [-0.1, -0.05) is 46.8 Å². The van der Waals surface area contributed by atoms with Crippen LogP contribution in [0.1, 0.15) is 55.4 Å². The minimum absolute atomic E-state index is 0.0486. The maximum atomic E-state index is 12.8. The van der Waals surface area contributed by atoms with Crippen LogP contribution in [0.2, 0.25) is 18.1 Å². The van der Waals surface area contributed by atoms with Crippen molar-refractivity contribution in [2.24, 2.45) is 17.3 Å². The van der Waals surface area contributed by atoms with Gasteiger partial charge in [-0.15, -0.1) is 0 Å². The number of Topliss-reactive ketones (excluding diaryl/α,β-unsaturated/α-hetero) is 1. The van der Waals surface area contributed by atoms with Crippen LogP contribution >= 0.6 is 0 Å². The summed E-state index contributed by atoms with van der Waals surface area (Å²) >= 11 is 0. The Bertz CT molecular complexity index is 444. The highest BCUT2D eigenvalue weighted by Crippen LogP contribution is 2.40. The molecular weight excluding hydrogens is 304 g/mol. The summed E-state index contributed by atoms with van der Waals surface area (Å²) in [6.45, 7) is 20.3. The van der Waals surface area contributed by atoms with Crippen molar-refractivity contribution in [1.82, 2.24) is 0 Å². The van der Waals surface area contributed by atoms with Crippen LogP contribution in [0.5, 0.6) is 0 Å². The molecule has 0 fully saturated rings. The first kappa shape index (κ1) is 22.3. The molecule has 0 aliphatic rings. The maximum absolute atomic E-state index is 12.8. The Morgan fingerprint density at radius 1 is 1.09 bits per heavy atom. The van der Waals surface area contributed by atoms with Gasteiger partial charge in [0.05, 0.1) is 11.5 Å². The molecule has 0 radical (unpaired) electrons. The predicted molar refractivity (Wildman–Crippen MR) is 100 cm³/mol. The molecule has 0 saturated heterocycles. The van der Waals surface area contributed by atoms with Gasteiger partial charge in [0, 0.05) is 5.92 Å². The van der Waals surface area contributed by atoms with Crippen LogP contribution in [-0.2, 0) is 14.0 Å². The van der Waals surface area contributed by atoms with E-state index in [2.05, 4.69) is 46.9 Å². The molecule has 134 valence electrons. The molecule has 3 atom stereocenters.